The number of rotatable bonds is 4. The number of likely N-dealkylation sites (tertiary alicyclic amines) is 1. The Labute approximate surface area is 143 Å². The van der Waals surface area contributed by atoms with Gasteiger partial charge in [0.2, 0.25) is 0 Å². The molecule has 1 fully saturated rings. The highest BCUT2D eigenvalue weighted by atomic mass is 79.9. The van der Waals surface area contributed by atoms with Gasteiger partial charge in [-0.15, -0.1) is 0 Å². The van der Waals surface area contributed by atoms with Gasteiger partial charge in [-0.05, 0) is 35.6 Å². The Kier molecular flexibility index (Phi) is 4.96. The molecule has 0 bridgehead atoms. The van der Waals surface area contributed by atoms with E-state index in [1.165, 1.54) is 6.07 Å². The normalized spacial score (nSPS) is 14.4. The lowest BCUT2D eigenvalue weighted by atomic mass is 9.92. The number of hydrogen-bond donors (Lipinski definition) is 0. The Balaban J connectivity index is 1.44. The summed E-state index contributed by atoms with van der Waals surface area (Å²) in [6, 6.07) is 14.7. The first-order valence-electron chi connectivity index (χ1n) is 7.51. The van der Waals surface area contributed by atoms with Crippen molar-refractivity contribution < 1.29 is 13.9 Å². The summed E-state index contributed by atoms with van der Waals surface area (Å²) in [6.45, 7) is 1.51. The van der Waals surface area contributed by atoms with Crippen molar-refractivity contribution in [2.24, 2.45) is 5.92 Å². The maximum Gasteiger partial charge on any atom is 0.410 e. The maximum absolute atomic E-state index is 13.8. The number of nitrogens with zero attached hydrogens (tertiary/aromatic N) is 1. The van der Waals surface area contributed by atoms with Gasteiger partial charge in [-0.3, -0.25) is 0 Å². The molecule has 1 aliphatic rings. The second-order valence-corrected chi connectivity index (χ2v) is 6.67. The largest absolute Gasteiger partial charge is 0.445 e. The van der Waals surface area contributed by atoms with Gasteiger partial charge in [0.15, 0.2) is 0 Å². The van der Waals surface area contributed by atoms with Gasteiger partial charge in [-0.1, -0.05) is 52.3 Å². The van der Waals surface area contributed by atoms with Gasteiger partial charge >= 0.3 is 6.09 Å². The topological polar surface area (TPSA) is 29.5 Å². The van der Waals surface area contributed by atoms with Gasteiger partial charge in [-0.2, -0.15) is 0 Å². The van der Waals surface area contributed by atoms with Crippen molar-refractivity contribution in [3.8, 4) is 0 Å². The van der Waals surface area contributed by atoms with E-state index in [-0.39, 0.29) is 24.4 Å². The van der Waals surface area contributed by atoms with Crippen molar-refractivity contribution in [3.05, 3.63) is 69.9 Å². The molecule has 0 aromatic heterocycles. The molecule has 0 atom stereocenters. The van der Waals surface area contributed by atoms with Crippen LogP contribution in [0.2, 0.25) is 0 Å². The minimum absolute atomic E-state index is 0.204. The first-order chi connectivity index (χ1) is 11.1. The van der Waals surface area contributed by atoms with E-state index in [4.69, 9.17) is 4.74 Å². The van der Waals surface area contributed by atoms with Crippen molar-refractivity contribution in [2.45, 2.75) is 13.0 Å². The number of halogens is 2. The van der Waals surface area contributed by atoms with Crippen LogP contribution in [0.1, 0.15) is 11.1 Å². The Morgan fingerprint density at radius 2 is 1.96 bits per heavy atom. The van der Waals surface area contributed by atoms with Crippen LogP contribution in [-0.2, 0) is 17.8 Å². The molecule has 3 nitrogen and oxygen atoms in total. The van der Waals surface area contributed by atoms with E-state index >= 15 is 0 Å². The highest BCUT2D eigenvalue weighted by Crippen LogP contribution is 2.24. The molecule has 0 N–H and O–H groups in total. The second-order valence-electron chi connectivity index (χ2n) is 5.75. The molecule has 0 aliphatic carbocycles. The molecule has 0 unspecified atom stereocenters. The van der Waals surface area contributed by atoms with E-state index in [1.807, 2.05) is 36.4 Å². The fourth-order valence-electron chi connectivity index (χ4n) is 2.66. The van der Waals surface area contributed by atoms with Gasteiger partial charge < -0.3 is 9.64 Å². The average molecular weight is 378 g/mol. The molecule has 0 radical (unpaired) electrons. The van der Waals surface area contributed by atoms with Crippen LogP contribution < -0.4 is 0 Å². The third-order valence-corrected chi connectivity index (χ3v) is 4.44. The van der Waals surface area contributed by atoms with Crippen LogP contribution in [-0.4, -0.2) is 24.1 Å². The van der Waals surface area contributed by atoms with Gasteiger partial charge in [0, 0.05) is 17.6 Å². The Morgan fingerprint density at radius 3 is 2.65 bits per heavy atom. The van der Waals surface area contributed by atoms with E-state index in [9.17, 15) is 9.18 Å². The predicted molar refractivity (Wildman–Crippen MR) is 89.5 cm³/mol. The fourth-order valence-corrected chi connectivity index (χ4v) is 2.99. The summed E-state index contributed by atoms with van der Waals surface area (Å²) in [6.07, 6.45) is 0.336. The van der Waals surface area contributed by atoms with Crippen LogP contribution in [0.25, 0.3) is 0 Å². The standard InChI is InChI=1S/C18H17BrFNO2/c19-16-7-6-15(17(20)9-16)8-14-10-21(11-14)18(22)23-12-13-4-2-1-3-5-13/h1-7,9,14H,8,10-12H2. The quantitative estimate of drug-likeness (QED) is 0.790. The first-order valence-corrected chi connectivity index (χ1v) is 8.30. The highest BCUT2D eigenvalue weighted by Gasteiger charge is 2.32. The monoisotopic (exact) mass is 377 g/mol. The lowest BCUT2D eigenvalue weighted by molar-refractivity contribution is 0.0494. The van der Waals surface area contributed by atoms with Crippen molar-refractivity contribution in [3.63, 3.8) is 0 Å². The van der Waals surface area contributed by atoms with Crippen LogP contribution in [0, 0.1) is 11.7 Å². The number of hydrogen-bond acceptors (Lipinski definition) is 2. The number of ether oxygens (including phenoxy) is 1. The molecule has 120 valence electrons. The van der Waals surface area contributed by atoms with E-state index < -0.39 is 0 Å². The molecule has 0 spiro atoms. The molecule has 23 heavy (non-hydrogen) atoms. The third kappa shape index (κ3) is 4.10. The molecular formula is C18H17BrFNO2. The Bertz CT molecular complexity index is 687. The summed E-state index contributed by atoms with van der Waals surface area (Å²) >= 11 is 3.25. The van der Waals surface area contributed by atoms with Crippen LogP contribution in [0.15, 0.2) is 53.0 Å². The molecule has 1 aliphatic heterocycles. The number of amides is 1. The van der Waals surface area contributed by atoms with Crippen LogP contribution in [0.4, 0.5) is 9.18 Å². The zero-order valence-corrected chi connectivity index (χ0v) is 14.1. The zero-order valence-electron chi connectivity index (χ0n) is 12.5. The van der Waals surface area contributed by atoms with E-state index in [0.29, 0.717) is 25.1 Å². The molecule has 2 aromatic rings. The molecule has 1 saturated heterocycles. The number of benzene rings is 2. The van der Waals surface area contributed by atoms with Crippen LogP contribution >= 0.6 is 15.9 Å². The van der Waals surface area contributed by atoms with Crippen molar-refractivity contribution >= 4 is 22.0 Å². The zero-order chi connectivity index (χ0) is 16.2. The lowest BCUT2D eigenvalue weighted by Gasteiger charge is -2.38. The molecular weight excluding hydrogens is 361 g/mol. The van der Waals surface area contributed by atoms with Gasteiger partial charge in [-0.25, -0.2) is 9.18 Å². The van der Waals surface area contributed by atoms with Crippen LogP contribution in [0.3, 0.4) is 0 Å². The van der Waals surface area contributed by atoms with Crippen molar-refractivity contribution in [1.82, 2.24) is 4.90 Å². The fraction of sp³-hybridized carbons (Fsp3) is 0.278. The van der Waals surface area contributed by atoms with Gasteiger partial charge in [0.1, 0.15) is 12.4 Å². The highest BCUT2D eigenvalue weighted by molar-refractivity contribution is 9.10. The number of carbonyl (C=O) groups excluding carboxylic acids is 1. The third-order valence-electron chi connectivity index (χ3n) is 3.94. The molecule has 3 rings (SSSR count). The van der Waals surface area contributed by atoms with E-state index in [0.717, 1.165) is 10.0 Å². The molecule has 5 heteroatoms. The average Bonchev–Trinajstić information content (AvgIpc) is 2.51. The summed E-state index contributed by atoms with van der Waals surface area (Å²) < 4.78 is 19.8. The summed E-state index contributed by atoms with van der Waals surface area (Å²) in [5.74, 6) is 0.0828. The van der Waals surface area contributed by atoms with Crippen molar-refractivity contribution in [2.75, 3.05) is 13.1 Å². The minimum atomic E-state index is -0.304. The summed E-state index contributed by atoms with van der Waals surface area (Å²) in [5, 5.41) is 0. The van der Waals surface area contributed by atoms with Gasteiger partial charge in [0.25, 0.3) is 0 Å². The SMILES string of the molecule is O=C(OCc1ccccc1)N1CC(Cc2ccc(Br)cc2F)C1. The molecule has 1 heterocycles. The minimum Gasteiger partial charge on any atom is -0.445 e. The lowest BCUT2D eigenvalue weighted by Crippen LogP contribution is -2.50. The van der Waals surface area contributed by atoms with Crippen LogP contribution in [0.5, 0.6) is 0 Å². The van der Waals surface area contributed by atoms with E-state index in [1.54, 1.807) is 11.0 Å². The summed E-state index contributed by atoms with van der Waals surface area (Å²) in [5.41, 5.74) is 1.66. The summed E-state index contributed by atoms with van der Waals surface area (Å²) in [7, 11) is 0. The Hall–Kier alpha value is -1.88. The summed E-state index contributed by atoms with van der Waals surface area (Å²) in [4.78, 5) is 13.6. The smallest absolute Gasteiger partial charge is 0.410 e. The maximum atomic E-state index is 13.8. The van der Waals surface area contributed by atoms with Crippen molar-refractivity contribution in [1.29, 1.82) is 0 Å². The predicted octanol–water partition coefficient (Wildman–Crippen LogP) is 4.40. The van der Waals surface area contributed by atoms with E-state index in [2.05, 4.69) is 15.9 Å². The Morgan fingerprint density at radius 1 is 1.22 bits per heavy atom. The number of carbonyl (C=O) groups is 1. The molecule has 1 amide bonds. The molecule has 2 aromatic carbocycles. The second kappa shape index (κ2) is 7.13. The molecule has 0 saturated carbocycles. The first kappa shape index (κ1) is 16.0. The van der Waals surface area contributed by atoms with Gasteiger partial charge in [0.05, 0.1) is 0 Å².